The molecule has 2 atom stereocenters. The van der Waals surface area contributed by atoms with Crippen LogP contribution in [0.25, 0.3) is 0 Å². The zero-order valence-corrected chi connectivity index (χ0v) is 21.3. The van der Waals surface area contributed by atoms with Crippen molar-refractivity contribution in [2.75, 3.05) is 19.6 Å². The Kier molecular flexibility index (Phi) is 6.04. The van der Waals surface area contributed by atoms with E-state index in [1.165, 1.54) is 6.34 Å². The summed E-state index contributed by atoms with van der Waals surface area (Å²) in [6.07, 6.45) is 7.28. The topological polar surface area (TPSA) is 132 Å². The Morgan fingerprint density at radius 1 is 0.744 bits per heavy atom. The van der Waals surface area contributed by atoms with Crippen molar-refractivity contribution in [3.8, 4) is 0 Å². The predicted molar refractivity (Wildman–Crippen MR) is 151 cm³/mol. The lowest BCUT2D eigenvalue weighted by molar-refractivity contribution is 0.257. The summed E-state index contributed by atoms with van der Waals surface area (Å²) in [6, 6.07) is 18.8. The van der Waals surface area contributed by atoms with E-state index in [1.54, 1.807) is 34.6 Å². The number of guanidine groups is 1. The molecule has 12 heteroatoms. The van der Waals surface area contributed by atoms with E-state index in [9.17, 15) is 4.79 Å². The molecule has 2 aromatic heterocycles. The van der Waals surface area contributed by atoms with E-state index in [1.807, 2.05) is 84.3 Å². The molecule has 2 amide bonds. The van der Waals surface area contributed by atoms with Crippen LogP contribution in [-0.2, 0) is 0 Å². The first kappa shape index (κ1) is 24.0. The highest BCUT2D eigenvalue weighted by atomic mass is 16.2. The second kappa shape index (κ2) is 9.82. The molecule has 0 saturated carbocycles. The van der Waals surface area contributed by atoms with Gasteiger partial charge in [0.1, 0.15) is 18.7 Å². The fraction of sp³-hybridized carbons (Fsp3) is 0.148. The molecule has 2 aliphatic rings. The first-order valence-electron chi connectivity index (χ1n) is 12.3. The molecule has 0 radical (unpaired) electrons. The molecule has 0 saturated heterocycles. The smallest absolute Gasteiger partial charge is 0.369 e. The lowest BCUT2D eigenvalue weighted by atomic mass is 10.3. The molecule has 39 heavy (non-hydrogen) atoms. The van der Waals surface area contributed by atoms with Gasteiger partial charge in [-0.1, -0.05) is 36.4 Å². The molecule has 194 valence electrons. The highest BCUT2D eigenvalue weighted by molar-refractivity contribution is 6.06. The number of carbonyl (C=O) groups is 1. The minimum absolute atomic E-state index is 0.0367. The average Bonchev–Trinajstić information content (AvgIpc) is 3.42. The molecular formula is C27H25N11O. The quantitative estimate of drug-likeness (QED) is 0.312. The third-order valence-electron chi connectivity index (χ3n) is 6.59. The maximum Gasteiger partial charge on any atom is 0.371 e. The van der Waals surface area contributed by atoms with Crippen molar-refractivity contribution in [1.82, 2.24) is 19.9 Å². The van der Waals surface area contributed by atoms with Crippen LogP contribution < -0.4 is 25.3 Å². The molecule has 0 spiro atoms. The zero-order valence-electron chi connectivity index (χ0n) is 21.3. The molecule has 0 aliphatic carbocycles. The van der Waals surface area contributed by atoms with Crippen molar-refractivity contribution >= 4 is 53.0 Å². The first-order chi connectivity index (χ1) is 19.0. The van der Waals surface area contributed by atoms with Crippen molar-refractivity contribution in [3.63, 3.8) is 0 Å². The van der Waals surface area contributed by atoms with Crippen molar-refractivity contribution in [3.05, 3.63) is 85.5 Å². The van der Waals surface area contributed by atoms with Gasteiger partial charge in [-0.15, -0.1) is 0 Å². The fourth-order valence-corrected chi connectivity index (χ4v) is 4.88. The van der Waals surface area contributed by atoms with Crippen molar-refractivity contribution in [2.24, 2.45) is 15.7 Å². The van der Waals surface area contributed by atoms with Gasteiger partial charge < -0.3 is 15.5 Å². The molecule has 4 heterocycles. The van der Waals surface area contributed by atoms with E-state index in [4.69, 9.17) is 5.73 Å². The number of hydrogen-bond acceptors (Lipinski definition) is 7. The van der Waals surface area contributed by atoms with Gasteiger partial charge >= 0.3 is 6.03 Å². The summed E-state index contributed by atoms with van der Waals surface area (Å²) in [7, 11) is 0. The maximum absolute atomic E-state index is 12.9. The van der Waals surface area contributed by atoms with Crippen LogP contribution in [0.3, 0.4) is 0 Å². The van der Waals surface area contributed by atoms with Crippen LogP contribution in [0.2, 0.25) is 0 Å². The Morgan fingerprint density at radius 2 is 1.23 bits per heavy atom. The summed E-state index contributed by atoms with van der Waals surface area (Å²) >= 11 is 0. The number of nitrogens with two attached hydrogens (primary N) is 1. The first-order valence-corrected chi connectivity index (χ1v) is 12.3. The van der Waals surface area contributed by atoms with Crippen molar-refractivity contribution in [1.29, 1.82) is 0 Å². The van der Waals surface area contributed by atoms with Crippen molar-refractivity contribution in [2.45, 2.75) is 26.2 Å². The Balaban J connectivity index is 1.26. The Morgan fingerprint density at radius 3 is 1.82 bits per heavy atom. The number of aliphatic imine (C=N–C) groups is 2. The Bertz CT molecular complexity index is 1560. The highest BCUT2D eigenvalue weighted by Crippen LogP contribution is 2.41. The molecule has 6 rings (SSSR count). The van der Waals surface area contributed by atoms with E-state index in [-0.39, 0.29) is 18.3 Å². The summed E-state index contributed by atoms with van der Waals surface area (Å²) in [4.78, 5) is 46.4. The maximum atomic E-state index is 12.9. The zero-order chi connectivity index (χ0) is 26.9. The minimum Gasteiger partial charge on any atom is -0.369 e. The van der Waals surface area contributed by atoms with E-state index < -0.39 is 6.03 Å². The van der Waals surface area contributed by atoms with Crippen LogP contribution in [0, 0.1) is 0 Å². The molecule has 0 bridgehead atoms. The molecule has 0 fully saturated rings. The van der Waals surface area contributed by atoms with Crippen LogP contribution in [0.1, 0.15) is 13.8 Å². The number of hydrogen-bond donors (Lipinski definition) is 1. The summed E-state index contributed by atoms with van der Waals surface area (Å²) in [5, 5.41) is 0. The number of para-hydroxylation sites is 2. The average molecular weight is 520 g/mol. The standard InChI is InChI=1S/C27H25N11O/c1-18-35(22-23(30-14-13-29-22)36(18)20-9-5-3-6-10-20)17-33-27(39)34-26(28)38-19(2)37(21-11-7-4-8-12-21)24-25(38)32-16-15-31-24/h3-19H,1-2H3,(H2,28,34,39)/b33-17+. The third-order valence-corrected chi connectivity index (χ3v) is 6.59. The minimum atomic E-state index is -0.765. The number of aromatic nitrogens is 4. The van der Waals surface area contributed by atoms with Gasteiger partial charge in [0, 0.05) is 36.2 Å². The van der Waals surface area contributed by atoms with Gasteiger partial charge in [-0.2, -0.15) is 9.98 Å². The predicted octanol–water partition coefficient (Wildman–Crippen LogP) is 4.04. The lowest BCUT2D eigenvalue weighted by Crippen LogP contribution is -2.46. The summed E-state index contributed by atoms with van der Waals surface area (Å²) < 4.78 is 0. The highest BCUT2D eigenvalue weighted by Gasteiger charge is 2.39. The van der Waals surface area contributed by atoms with E-state index in [0.29, 0.717) is 23.3 Å². The molecule has 2 unspecified atom stereocenters. The van der Waals surface area contributed by atoms with E-state index in [2.05, 4.69) is 29.9 Å². The van der Waals surface area contributed by atoms with Gasteiger partial charge in [-0.3, -0.25) is 9.80 Å². The van der Waals surface area contributed by atoms with Gasteiger partial charge in [0.15, 0.2) is 23.3 Å². The third kappa shape index (κ3) is 4.17. The van der Waals surface area contributed by atoms with Crippen LogP contribution in [0.4, 0.5) is 39.4 Å². The monoisotopic (exact) mass is 519 g/mol. The number of urea groups is 1. The summed E-state index contributed by atoms with van der Waals surface area (Å²) in [6.45, 7) is 3.91. The van der Waals surface area contributed by atoms with Crippen molar-refractivity contribution < 1.29 is 4.79 Å². The van der Waals surface area contributed by atoms with Crippen LogP contribution in [-0.4, -0.2) is 50.6 Å². The second-order valence-corrected chi connectivity index (χ2v) is 8.86. The lowest BCUT2D eigenvalue weighted by Gasteiger charge is -2.28. The molecule has 2 N–H and O–H groups in total. The number of nitrogens with zero attached hydrogens (tertiary/aromatic N) is 10. The number of anilines is 6. The second-order valence-electron chi connectivity index (χ2n) is 8.86. The molecule has 12 nitrogen and oxygen atoms in total. The number of benzene rings is 2. The molecule has 4 aromatic rings. The van der Waals surface area contributed by atoms with E-state index in [0.717, 1.165) is 11.4 Å². The van der Waals surface area contributed by atoms with E-state index >= 15 is 0 Å². The number of rotatable bonds is 3. The molecule has 2 aliphatic heterocycles. The van der Waals surface area contributed by atoms with Crippen LogP contribution >= 0.6 is 0 Å². The SMILES string of the molecule is CC1N(/C=N/C(=O)/N=C(\N)N2c3nccnc3N(c3ccccc3)C2C)c2nccnc2N1c1ccccc1. The fourth-order valence-electron chi connectivity index (χ4n) is 4.88. The Hall–Kier alpha value is -5.39. The van der Waals surface area contributed by atoms with Crippen LogP contribution in [0.15, 0.2) is 95.4 Å². The normalized spacial score (nSPS) is 18.6. The molecule has 2 aromatic carbocycles. The van der Waals surface area contributed by atoms with Gasteiger partial charge in [0.25, 0.3) is 0 Å². The summed E-state index contributed by atoms with van der Waals surface area (Å²) in [5.41, 5.74) is 8.21. The number of carbonyl (C=O) groups excluding carboxylic acids is 1. The van der Waals surface area contributed by atoms with Gasteiger partial charge in [0.2, 0.25) is 5.96 Å². The summed E-state index contributed by atoms with van der Waals surface area (Å²) in [5.74, 6) is 2.33. The largest absolute Gasteiger partial charge is 0.371 e. The Labute approximate surface area is 224 Å². The van der Waals surface area contributed by atoms with Crippen LogP contribution in [0.5, 0.6) is 0 Å². The van der Waals surface area contributed by atoms with Gasteiger partial charge in [-0.25, -0.2) is 24.7 Å². The van der Waals surface area contributed by atoms with Gasteiger partial charge in [0.05, 0.1) is 0 Å². The van der Waals surface area contributed by atoms with Gasteiger partial charge in [-0.05, 0) is 38.1 Å². The number of fused-ring (bicyclic) bond motifs is 2. The number of amides is 2. The molecular weight excluding hydrogens is 494 g/mol.